The van der Waals surface area contributed by atoms with Gasteiger partial charge in [0.1, 0.15) is 0 Å². The summed E-state index contributed by atoms with van der Waals surface area (Å²) in [5.74, 6) is 0. The summed E-state index contributed by atoms with van der Waals surface area (Å²) in [4.78, 5) is 0. The van der Waals surface area contributed by atoms with Gasteiger partial charge in [0, 0.05) is 19.3 Å². The summed E-state index contributed by atoms with van der Waals surface area (Å²) in [7, 11) is 0. The fourth-order valence-corrected chi connectivity index (χ4v) is 2.38. The minimum absolute atomic E-state index is 0.261. The van der Waals surface area contributed by atoms with Crippen LogP contribution < -0.4 is 5.32 Å². The van der Waals surface area contributed by atoms with Gasteiger partial charge in [-0.2, -0.15) is 0 Å². The SMILES string of the molecule is CCCCCCCOC1COCCC1NCCC. The Balaban J connectivity index is 2.09. The molecule has 3 nitrogen and oxygen atoms in total. The first-order chi connectivity index (χ1) is 8.88. The highest BCUT2D eigenvalue weighted by Crippen LogP contribution is 2.13. The van der Waals surface area contributed by atoms with Gasteiger partial charge in [-0.3, -0.25) is 0 Å². The van der Waals surface area contributed by atoms with Gasteiger partial charge < -0.3 is 14.8 Å². The van der Waals surface area contributed by atoms with Crippen LogP contribution in [-0.4, -0.2) is 38.5 Å². The zero-order valence-electron chi connectivity index (χ0n) is 12.2. The van der Waals surface area contributed by atoms with Gasteiger partial charge >= 0.3 is 0 Å². The van der Waals surface area contributed by atoms with Crippen LogP contribution in [0.3, 0.4) is 0 Å². The Morgan fingerprint density at radius 2 is 1.94 bits per heavy atom. The second-order valence-corrected chi connectivity index (χ2v) is 5.25. The monoisotopic (exact) mass is 257 g/mol. The molecule has 2 unspecified atom stereocenters. The second kappa shape index (κ2) is 10.8. The summed E-state index contributed by atoms with van der Waals surface area (Å²) >= 11 is 0. The lowest BCUT2D eigenvalue weighted by Gasteiger charge is -2.32. The van der Waals surface area contributed by atoms with Crippen LogP contribution in [0.5, 0.6) is 0 Å². The van der Waals surface area contributed by atoms with Crippen LogP contribution in [0.15, 0.2) is 0 Å². The molecule has 0 spiro atoms. The molecule has 1 rings (SSSR count). The number of rotatable bonds is 10. The van der Waals surface area contributed by atoms with Gasteiger partial charge in [0.05, 0.1) is 12.7 Å². The van der Waals surface area contributed by atoms with Crippen LogP contribution in [0.2, 0.25) is 0 Å². The zero-order chi connectivity index (χ0) is 13.1. The molecule has 0 saturated carbocycles. The highest BCUT2D eigenvalue weighted by molar-refractivity contribution is 4.80. The summed E-state index contributed by atoms with van der Waals surface area (Å²) in [5, 5.41) is 3.58. The molecule has 3 heteroatoms. The second-order valence-electron chi connectivity index (χ2n) is 5.25. The number of nitrogens with one attached hydrogen (secondary N) is 1. The van der Waals surface area contributed by atoms with Crippen molar-refractivity contribution in [2.24, 2.45) is 0 Å². The Morgan fingerprint density at radius 1 is 1.11 bits per heavy atom. The van der Waals surface area contributed by atoms with E-state index in [1.807, 2.05) is 0 Å². The lowest BCUT2D eigenvalue weighted by molar-refractivity contribution is -0.0695. The number of unbranched alkanes of at least 4 members (excludes halogenated alkanes) is 4. The lowest BCUT2D eigenvalue weighted by Crippen LogP contribution is -2.48. The fourth-order valence-electron chi connectivity index (χ4n) is 2.38. The zero-order valence-corrected chi connectivity index (χ0v) is 12.2. The van der Waals surface area contributed by atoms with E-state index in [1.54, 1.807) is 0 Å². The Morgan fingerprint density at radius 3 is 2.72 bits per heavy atom. The quantitative estimate of drug-likeness (QED) is 0.610. The van der Waals surface area contributed by atoms with E-state index < -0.39 is 0 Å². The van der Waals surface area contributed by atoms with E-state index in [2.05, 4.69) is 19.2 Å². The van der Waals surface area contributed by atoms with E-state index in [9.17, 15) is 0 Å². The molecule has 0 bridgehead atoms. The predicted octanol–water partition coefficient (Wildman–Crippen LogP) is 3.13. The van der Waals surface area contributed by atoms with Crippen molar-refractivity contribution in [1.29, 1.82) is 0 Å². The first kappa shape index (κ1) is 15.9. The molecule has 1 aliphatic heterocycles. The molecule has 1 aliphatic rings. The standard InChI is InChI=1S/C15H31NO2/c1-3-5-6-7-8-11-18-15-13-17-12-9-14(15)16-10-4-2/h14-16H,3-13H2,1-2H3. The van der Waals surface area contributed by atoms with Crippen molar-refractivity contribution >= 4 is 0 Å². The van der Waals surface area contributed by atoms with Crippen molar-refractivity contribution in [2.45, 2.75) is 70.9 Å². The van der Waals surface area contributed by atoms with Crippen LogP contribution in [0, 0.1) is 0 Å². The average molecular weight is 257 g/mol. The van der Waals surface area contributed by atoms with Crippen molar-refractivity contribution in [3.8, 4) is 0 Å². The number of ether oxygens (including phenoxy) is 2. The molecule has 108 valence electrons. The topological polar surface area (TPSA) is 30.5 Å². The summed E-state index contributed by atoms with van der Waals surface area (Å²) in [5.41, 5.74) is 0. The van der Waals surface area contributed by atoms with Crippen molar-refractivity contribution in [1.82, 2.24) is 5.32 Å². The van der Waals surface area contributed by atoms with Gasteiger partial charge in [0.25, 0.3) is 0 Å². The van der Waals surface area contributed by atoms with Crippen molar-refractivity contribution < 1.29 is 9.47 Å². The molecule has 0 aromatic heterocycles. The average Bonchev–Trinajstić information content (AvgIpc) is 2.41. The molecule has 18 heavy (non-hydrogen) atoms. The predicted molar refractivity (Wildman–Crippen MR) is 76.0 cm³/mol. The van der Waals surface area contributed by atoms with E-state index in [1.165, 1.54) is 38.5 Å². The van der Waals surface area contributed by atoms with Crippen LogP contribution in [0.1, 0.15) is 58.8 Å². The Bertz CT molecular complexity index is 187. The van der Waals surface area contributed by atoms with E-state index in [0.717, 1.165) is 32.8 Å². The maximum atomic E-state index is 5.99. The van der Waals surface area contributed by atoms with E-state index in [4.69, 9.17) is 9.47 Å². The van der Waals surface area contributed by atoms with Crippen molar-refractivity contribution in [3.63, 3.8) is 0 Å². The maximum absolute atomic E-state index is 5.99. The molecule has 1 N–H and O–H groups in total. The van der Waals surface area contributed by atoms with Crippen molar-refractivity contribution in [2.75, 3.05) is 26.4 Å². The third kappa shape index (κ3) is 6.72. The van der Waals surface area contributed by atoms with Gasteiger partial charge in [-0.25, -0.2) is 0 Å². The van der Waals surface area contributed by atoms with E-state index in [-0.39, 0.29) is 6.10 Å². The molecule has 0 aromatic carbocycles. The van der Waals surface area contributed by atoms with Crippen LogP contribution in [0.25, 0.3) is 0 Å². The van der Waals surface area contributed by atoms with Crippen LogP contribution in [0.4, 0.5) is 0 Å². The third-order valence-corrected chi connectivity index (χ3v) is 3.54. The molecule has 2 atom stereocenters. The molecule has 1 saturated heterocycles. The molecule has 0 aliphatic carbocycles. The molecular weight excluding hydrogens is 226 g/mol. The Labute approximate surface area is 113 Å². The molecule has 0 radical (unpaired) electrons. The highest BCUT2D eigenvalue weighted by atomic mass is 16.5. The van der Waals surface area contributed by atoms with Gasteiger partial charge in [-0.1, -0.05) is 39.5 Å². The molecule has 1 heterocycles. The largest absolute Gasteiger partial charge is 0.379 e. The van der Waals surface area contributed by atoms with Crippen LogP contribution >= 0.6 is 0 Å². The first-order valence-electron chi connectivity index (χ1n) is 7.81. The summed E-state index contributed by atoms with van der Waals surface area (Å²) in [6.07, 6.45) is 9.02. The molecular formula is C15H31NO2. The van der Waals surface area contributed by atoms with Crippen LogP contribution in [-0.2, 0) is 9.47 Å². The number of hydrogen-bond acceptors (Lipinski definition) is 3. The van der Waals surface area contributed by atoms with E-state index >= 15 is 0 Å². The maximum Gasteiger partial charge on any atom is 0.0961 e. The summed E-state index contributed by atoms with van der Waals surface area (Å²) in [6, 6.07) is 0.495. The van der Waals surface area contributed by atoms with Gasteiger partial charge in [0.2, 0.25) is 0 Å². The minimum atomic E-state index is 0.261. The van der Waals surface area contributed by atoms with Gasteiger partial charge in [0.15, 0.2) is 0 Å². The Kier molecular flexibility index (Phi) is 9.54. The van der Waals surface area contributed by atoms with Gasteiger partial charge in [-0.15, -0.1) is 0 Å². The van der Waals surface area contributed by atoms with Gasteiger partial charge in [-0.05, 0) is 25.8 Å². The van der Waals surface area contributed by atoms with E-state index in [0.29, 0.717) is 6.04 Å². The molecule has 0 aromatic rings. The summed E-state index contributed by atoms with van der Waals surface area (Å²) in [6.45, 7) is 8.06. The highest BCUT2D eigenvalue weighted by Gasteiger charge is 2.25. The molecule has 0 amide bonds. The smallest absolute Gasteiger partial charge is 0.0961 e. The number of hydrogen-bond donors (Lipinski definition) is 1. The fraction of sp³-hybridized carbons (Fsp3) is 1.00. The third-order valence-electron chi connectivity index (χ3n) is 3.54. The van der Waals surface area contributed by atoms with Crippen molar-refractivity contribution in [3.05, 3.63) is 0 Å². The lowest BCUT2D eigenvalue weighted by atomic mass is 10.1. The summed E-state index contributed by atoms with van der Waals surface area (Å²) < 4.78 is 11.5. The first-order valence-corrected chi connectivity index (χ1v) is 7.81. The molecule has 1 fully saturated rings. The minimum Gasteiger partial charge on any atom is -0.379 e. The Hall–Kier alpha value is -0.120. The normalized spacial score (nSPS) is 24.3.